The maximum atomic E-state index is 11.5. The Hall–Kier alpha value is -1.30. The summed E-state index contributed by atoms with van der Waals surface area (Å²) in [5, 5.41) is 8.45. The number of unbranched alkanes of at least 4 members (excludes halogenated alkanes) is 10. The molecule has 0 aromatic carbocycles. The minimum atomic E-state index is -0.151. The summed E-state index contributed by atoms with van der Waals surface area (Å²) in [6.45, 7) is 4.28. The molecule has 0 unspecified atom stereocenters. The molecule has 126 valence electrons. The third kappa shape index (κ3) is 15.1. The molecule has 0 aliphatic rings. The molecule has 0 amide bonds. The van der Waals surface area contributed by atoms with E-state index in [0.717, 1.165) is 18.4 Å². The molecule has 0 aromatic heterocycles. The van der Waals surface area contributed by atoms with Gasteiger partial charge in [-0.2, -0.15) is 5.26 Å². The number of ether oxygens (including phenoxy) is 1. The van der Waals surface area contributed by atoms with Gasteiger partial charge in [0.2, 0.25) is 0 Å². The molecule has 0 aliphatic heterocycles. The molecule has 0 heterocycles. The largest absolute Gasteiger partial charge is 0.461 e. The van der Waals surface area contributed by atoms with Crippen LogP contribution in [0.5, 0.6) is 0 Å². The van der Waals surface area contributed by atoms with Gasteiger partial charge in [0.25, 0.3) is 0 Å². The van der Waals surface area contributed by atoms with Crippen LogP contribution in [0.1, 0.15) is 90.9 Å². The predicted molar refractivity (Wildman–Crippen MR) is 91.4 cm³/mol. The van der Waals surface area contributed by atoms with E-state index in [0.29, 0.717) is 6.42 Å². The highest BCUT2D eigenvalue weighted by atomic mass is 16.5. The van der Waals surface area contributed by atoms with Gasteiger partial charge in [0.15, 0.2) is 0 Å². The summed E-state index contributed by atoms with van der Waals surface area (Å²) in [6, 6.07) is 1.93. The number of hydrogen-bond acceptors (Lipinski definition) is 3. The van der Waals surface area contributed by atoms with Gasteiger partial charge in [0.1, 0.15) is 6.61 Å². The zero-order valence-electron chi connectivity index (χ0n) is 14.5. The van der Waals surface area contributed by atoms with Crippen LogP contribution in [0.4, 0.5) is 0 Å². The molecule has 0 bridgehead atoms. The standard InChI is InChI=1S/C19H33NO2/c1-3-4-5-6-7-8-9-10-11-12-13-14-19(21)22-17-18(2)15-16-20/h15H,3-14,17H2,1-2H3/b18-15-. The van der Waals surface area contributed by atoms with Gasteiger partial charge in [-0.3, -0.25) is 4.79 Å². The molecule has 0 radical (unpaired) electrons. The van der Waals surface area contributed by atoms with Gasteiger partial charge in [-0.05, 0) is 18.9 Å². The van der Waals surface area contributed by atoms with Crippen molar-refractivity contribution in [1.82, 2.24) is 0 Å². The van der Waals surface area contributed by atoms with Crippen molar-refractivity contribution in [2.75, 3.05) is 6.61 Å². The first kappa shape index (κ1) is 20.7. The number of carbonyl (C=O) groups is 1. The highest BCUT2D eigenvalue weighted by Gasteiger charge is 2.02. The van der Waals surface area contributed by atoms with E-state index in [1.165, 1.54) is 63.9 Å². The van der Waals surface area contributed by atoms with Crippen LogP contribution in [0.25, 0.3) is 0 Å². The fourth-order valence-electron chi connectivity index (χ4n) is 2.35. The molecule has 22 heavy (non-hydrogen) atoms. The first-order valence-electron chi connectivity index (χ1n) is 8.91. The van der Waals surface area contributed by atoms with Gasteiger partial charge in [0.05, 0.1) is 6.07 Å². The zero-order valence-corrected chi connectivity index (χ0v) is 14.5. The van der Waals surface area contributed by atoms with Crippen molar-refractivity contribution in [1.29, 1.82) is 5.26 Å². The maximum absolute atomic E-state index is 11.5. The number of esters is 1. The van der Waals surface area contributed by atoms with Crippen LogP contribution in [0.15, 0.2) is 11.6 Å². The molecule has 0 aromatic rings. The number of nitrogens with zero attached hydrogens (tertiary/aromatic N) is 1. The van der Waals surface area contributed by atoms with Gasteiger partial charge < -0.3 is 4.74 Å². The van der Waals surface area contributed by atoms with Crippen molar-refractivity contribution in [2.45, 2.75) is 90.9 Å². The lowest BCUT2D eigenvalue weighted by Gasteiger charge is -2.05. The number of allylic oxidation sites excluding steroid dienone is 1. The van der Waals surface area contributed by atoms with Gasteiger partial charge in [0, 0.05) is 12.5 Å². The van der Waals surface area contributed by atoms with Crippen molar-refractivity contribution in [3.63, 3.8) is 0 Å². The average Bonchev–Trinajstić information content (AvgIpc) is 2.51. The Balaban J connectivity index is 3.27. The van der Waals surface area contributed by atoms with Crippen molar-refractivity contribution in [3.05, 3.63) is 11.6 Å². The Morgan fingerprint density at radius 3 is 1.95 bits per heavy atom. The van der Waals surface area contributed by atoms with Crippen molar-refractivity contribution >= 4 is 5.97 Å². The Morgan fingerprint density at radius 1 is 0.955 bits per heavy atom. The molecule has 3 heteroatoms. The summed E-state index contributed by atoms with van der Waals surface area (Å²) in [4.78, 5) is 11.5. The zero-order chi connectivity index (χ0) is 16.5. The predicted octanol–water partition coefficient (Wildman–Crippen LogP) is 5.70. The number of nitriles is 1. The SMILES string of the molecule is CCCCCCCCCCCCCC(=O)OC/C(C)=C\C#N. The van der Waals surface area contributed by atoms with Crippen LogP contribution in [0.2, 0.25) is 0 Å². The van der Waals surface area contributed by atoms with E-state index in [-0.39, 0.29) is 12.6 Å². The van der Waals surface area contributed by atoms with Crippen LogP contribution < -0.4 is 0 Å². The monoisotopic (exact) mass is 307 g/mol. The molecule has 3 nitrogen and oxygen atoms in total. The first-order valence-corrected chi connectivity index (χ1v) is 8.91. The Kier molecular flexibility index (Phi) is 15.1. The lowest BCUT2D eigenvalue weighted by Crippen LogP contribution is -2.06. The van der Waals surface area contributed by atoms with E-state index in [1.807, 2.05) is 6.07 Å². The van der Waals surface area contributed by atoms with E-state index in [2.05, 4.69) is 6.92 Å². The van der Waals surface area contributed by atoms with E-state index < -0.39 is 0 Å². The molecular weight excluding hydrogens is 274 g/mol. The van der Waals surface area contributed by atoms with Crippen LogP contribution in [0, 0.1) is 11.3 Å². The Labute approximate surface area is 136 Å². The van der Waals surface area contributed by atoms with Gasteiger partial charge >= 0.3 is 5.97 Å². The third-order valence-corrected chi connectivity index (χ3v) is 3.76. The first-order chi connectivity index (χ1) is 10.7. The van der Waals surface area contributed by atoms with E-state index in [4.69, 9.17) is 10.00 Å². The third-order valence-electron chi connectivity index (χ3n) is 3.76. The second-order valence-corrected chi connectivity index (χ2v) is 6.07. The molecule has 0 fully saturated rings. The summed E-state index contributed by atoms with van der Waals surface area (Å²) in [5.74, 6) is -0.151. The van der Waals surface area contributed by atoms with Crippen LogP contribution in [-0.4, -0.2) is 12.6 Å². The molecule has 0 saturated carbocycles. The van der Waals surface area contributed by atoms with Crippen molar-refractivity contribution < 1.29 is 9.53 Å². The van der Waals surface area contributed by atoms with E-state index in [9.17, 15) is 4.79 Å². The number of rotatable bonds is 14. The molecule has 0 saturated heterocycles. The summed E-state index contributed by atoms with van der Waals surface area (Å²) in [5.41, 5.74) is 0.787. The summed E-state index contributed by atoms with van der Waals surface area (Å²) in [6.07, 6.45) is 16.0. The fraction of sp³-hybridized carbons (Fsp3) is 0.789. The van der Waals surface area contributed by atoms with Crippen LogP contribution >= 0.6 is 0 Å². The minimum absolute atomic E-state index is 0.151. The number of hydrogen-bond donors (Lipinski definition) is 0. The summed E-state index contributed by atoms with van der Waals surface area (Å²) in [7, 11) is 0. The summed E-state index contributed by atoms with van der Waals surface area (Å²) < 4.78 is 5.09. The Morgan fingerprint density at radius 2 is 1.45 bits per heavy atom. The highest BCUT2D eigenvalue weighted by Crippen LogP contribution is 2.12. The Bertz CT molecular complexity index is 342. The lowest BCUT2D eigenvalue weighted by atomic mass is 10.1. The molecular formula is C19H33NO2. The van der Waals surface area contributed by atoms with Crippen molar-refractivity contribution in [3.8, 4) is 6.07 Å². The molecule has 0 N–H and O–H groups in total. The molecule has 0 rings (SSSR count). The van der Waals surface area contributed by atoms with Crippen LogP contribution in [-0.2, 0) is 9.53 Å². The maximum Gasteiger partial charge on any atom is 0.306 e. The van der Waals surface area contributed by atoms with Crippen molar-refractivity contribution in [2.24, 2.45) is 0 Å². The second-order valence-electron chi connectivity index (χ2n) is 6.07. The molecule has 0 aliphatic carbocycles. The van der Waals surface area contributed by atoms with Gasteiger partial charge in [-0.25, -0.2) is 0 Å². The summed E-state index contributed by atoms with van der Waals surface area (Å²) >= 11 is 0. The smallest absolute Gasteiger partial charge is 0.306 e. The highest BCUT2D eigenvalue weighted by molar-refractivity contribution is 5.69. The average molecular weight is 307 g/mol. The van der Waals surface area contributed by atoms with Crippen LogP contribution in [0.3, 0.4) is 0 Å². The molecule has 0 spiro atoms. The van der Waals surface area contributed by atoms with Gasteiger partial charge in [-0.15, -0.1) is 0 Å². The fourth-order valence-corrected chi connectivity index (χ4v) is 2.35. The van der Waals surface area contributed by atoms with E-state index >= 15 is 0 Å². The van der Waals surface area contributed by atoms with Gasteiger partial charge in [-0.1, -0.05) is 71.1 Å². The second kappa shape index (κ2) is 16.1. The quantitative estimate of drug-likeness (QED) is 0.235. The molecule has 0 atom stereocenters. The minimum Gasteiger partial charge on any atom is -0.461 e. The number of carbonyl (C=O) groups excluding carboxylic acids is 1. The normalized spacial score (nSPS) is 11.2. The van der Waals surface area contributed by atoms with E-state index in [1.54, 1.807) is 6.92 Å². The topological polar surface area (TPSA) is 50.1 Å². The lowest BCUT2D eigenvalue weighted by molar-refractivity contribution is -0.142.